The normalized spacial score (nSPS) is 20.9. The zero-order chi connectivity index (χ0) is 25.9. The van der Waals surface area contributed by atoms with Crippen molar-refractivity contribution in [2.75, 3.05) is 37.7 Å². The van der Waals surface area contributed by atoms with Crippen LogP contribution in [0.2, 0.25) is 5.02 Å². The summed E-state index contributed by atoms with van der Waals surface area (Å²) in [5.74, 6) is -0.0746. The Morgan fingerprint density at radius 2 is 2.06 bits per heavy atom. The summed E-state index contributed by atoms with van der Waals surface area (Å²) in [6.45, 7) is 3.12. The fraction of sp³-hybridized carbons (Fsp3) is 0.500. The predicted molar refractivity (Wildman–Crippen MR) is 133 cm³/mol. The van der Waals surface area contributed by atoms with Gasteiger partial charge in [0.2, 0.25) is 5.91 Å². The first-order valence-electron chi connectivity index (χ1n) is 12.1. The van der Waals surface area contributed by atoms with Gasteiger partial charge in [-0.15, -0.1) is 0 Å². The standard InChI is InChI=1S/C26H30ClFN4O4/c1-2-35-21-12-22-20(11-19(21)27)32(15-24(30)33)14-23(36-22)25(34)31-9-7-26(16-29,8-10-31)13-17-3-5-18(28)6-4-17/h3,5,11-12,23H,2,4,6-10,13-15H2,1H3,(H2,30,33). The average molecular weight is 517 g/mol. The number of anilines is 1. The van der Waals surface area contributed by atoms with Crippen LogP contribution in [0.4, 0.5) is 10.1 Å². The van der Waals surface area contributed by atoms with E-state index in [1.54, 1.807) is 28.0 Å². The van der Waals surface area contributed by atoms with E-state index in [-0.39, 0.29) is 24.8 Å². The average Bonchev–Trinajstić information content (AvgIpc) is 2.86. The monoisotopic (exact) mass is 516 g/mol. The van der Waals surface area contributed by atoms with E-state index in [0.29, 0.717) is 74.0 Å². The molecule has 1 saturated heterocycles. The first kappa shape index (κ1) is 25.8. The van der Waals surface area contributed by atoms with Crippen LogP contribution in [0.25, 0.3) is 0 Å². The van der Waals surface area contributed by atoms with Crippen molar-refractivity contribution in [3.63, 3.8) is 0 Å². The molecule has 36 heavy (non-hydrogen) atoms. The van der Waals surface area contributed by atoms with E-state index < -0.39 is 17.4 Å². The van der Waals surface area contributed by atoms with Gasteiger partial charge in [0.05, 0.1) is 41.9 Å². The Balaban J connectivity index is 1.47. The van der Waals surface area contributed by atoms with Gasteiger partial charge < -0.3 is 25.0 Å². The highest BCUT2D eigenvalue weighted by atomic mass is 35.5. The maximum atomic E-state index is 13.5. The molecule has 1 fully saturated rings. The number of fused-ring (bicyclic) bond motifs is 1. The number of primary amides is 1. The molecule has 2 heterocycles. The molecule has 0 spiro atoms. The number of carbonyl (C=O) groups is 2. The quantitative estimate of drug-likeness (QED) is 0.589. The van der Waals surface area contributed by atoms with Gasteiger partial charge in [0.15, 0.2) is 6.10 Å². The van der Waals surface area contributed by atoms with Gasteiger partial charge in [-0.05, 0) is 44.7 Å². The molecule has 4 rings (SSSR count). The number of halogens is 2. The molecule has 2 aliphatic heterocycles. The molecule has 1 aliphatic carbocycles. The van der Waals surface area contributed by atoms with Gasteiger partial charge in [-0.2, -0.15) is 5.26 Å². The summed E-state index contributed by atoms with van der Waals surface area (Å²) >= 11 is 6.33. The Bertz CT molecular complexity index is 1140. The fourth-order valence-electron chi connectivity index (χ4n) is 5.01. The van der Waals surface area contributed by atoms with E-state index >= 15 is 0 Å². The zero-order valence-corrected chi connectivity index (χ0v) is 21.0. The minimum Gasteiger partial charge on any atom is -0.492 e. The molecular weight excluding hydrogens is 487 g/mol. The molecule has 3 aliphatic rings. The SMILES string of the molecule is CCOc1cc2c(cc1Cl)N(CC(N)=O)CC(C(=O)N1CCC(C#N)(CC3=CC=C(F)CC3)CC1)O2. The van der Waals surface area contributed by atoms with E-state index in [9.17, 15) is 19.2 Å². The first-order chi connectivity index (χ1) is 17.2. The Labute approximate surface area is 215 Å². The minimum absolute atomic E-state index is 0.0911. The number of nitriles is 1. The number of allylic oxidation sites excluding steroid dienone is 4. The second-order valence-corrected chi connectivity index (χ2v) is 9.88. The lowest BCUT2D eigenvalue weighted by molar-refractivity contribution is -0.140. The Kier molecular flexibility index (Phi) is 7.74. The van der Waals surface area contributed by atoms with Gasteiger partial charge in [0.1, 0.15) is 17.3 Å². The lowest BCUT2D eigenvalue weighted by Crippen LogP contribution is -2.54. The van der Waals surface area contributed by atoms with Crippen molar-refractivity contribution in [3.8, 4) is 17.6 Å². The zero-order valence-electron chi connectivity index (χ0n) is 20.3. The highest BCUT2D eigenvalue weighted by molar-refractivity contribution is 6.32. The molecule has 192 valence electrons. The van der Waals surface area contributed by atoms with Crippen LogP contribution in [0.3, 0.4) is 0 Å². The van der Waals surface area contributed by atoms with E-state index in [1.165, 1.54) is 6.08 Å². The maximum absolute atomic E-state index is 13.5. The molecule has 1 aromatic rings. The topological polar surface area (TPSA) is 109 Å². The van der Waals surface area contributed by atoms with Gasteiger partial charge >= 0.3 is 0 Å². The van der Waals surface area contributed by atoms with Crippen LogP contribution in [0.1, 0.15) is 39.0 Å². The molecule has 0 radical (unpaired) electrons. The summed E-state index contributed by atoms with van der Waals surface area (Å²) in [7, 11) is 0. The number of rotatable bonds is 7. The number of carbonyl (C=O) groups excluding carboxylic acids is 2. The van der Waals surface area contributed by atoms with Crippen LogP contribution in [0, 0.1) is 16.7 Å². The van der Waals surface area contributed by atoms with Crippen molar-refractivity contribution in [3.05, 3.63) is 40.7 Å². The summed E-state index contributed by atoms with van der Waals surface area (Å²) < 4.78 is 25.0. The summed E-state index contributed by atoms with van der Waals surface area (Å²) in [4.78, 5) is 28.6. The summed E-state index contributed by atoms with van der Waals surface area (Å²) in [5, 5.41) is 10.3. The van der Waals surface area contributed by atoms with Crippen LogP contribution in [0.15, 0.2) is 35.7 Å². The molecule has 0 saturated carbocycles. The van der Waals surface area contributed by atoms with Gasteiger partial charge in [0.25, 0.3) is 5.91 Å². The number of hydrogen-bond acceptors (Lipinski definition) is 6. The number of benzene rings is 1. The second-order valence-electron chi connectivity index (χ2n) is 9.47. The lowest BCUT2D eigenvalue weighted by atomic mass is 9.73. The largest absolute Gasteiger partial charge is 0.492 e. The number of nitrogens with two attached hydrogens (primary N) is 1. The lowest BCUT2D eigenvalue weighted by Gasteiger charge is -2.41. The smallest absolute Gasteiger partial charge is 0.265 e. The third-order valence-electron chi connectivity index (χ3n) is 6.95. The summed E-state index contributed by atoms with van der Waals surface area (Å²) in [5.41, 5.74) is 6.51. The molecule has 1 unspecified atom stereocenters. The number of piperidine rings is 1. The Morgan fingerprint density at radius 1 is 1.31 bits per heavy atom. The predicted octanol–water partition coefficient (Wildman–Crippen LogP) is 3.89. The number of hydrogen-bond donors (Lipinski definition) is 1. The summed E-state index contributed by atoms with van der Waals surface area (Å²) in [6.07, 6.45) is 5.02. The van der Waals surface area contributed by atoms with Crippen LogP contribution in [0.5, 0.6) is 11.5 Å². The molecule has 10 heteroatoms. The molecule has 2 amide bonds. The van der Waals surface area contributed by atoms with Crippen LogP contribution < -0.4 is 20.1 Å². The van der Waals surface area contributed by atoms with Gasteiger partial charge in [-0.25, -0.2) is 4.39 Å². The van der Waals surface area contributed by atoms with E-state index in [0.717, 1.165) is 5.57 Å². The molecule has 8 nitrogen and oxygen atoms in total. The van der Waals surface area contributed by atoms with Crippen molar-refractivity contribution in [2.45, 2.75) is 45.1 Å². The van der Waals surface area contributed by atoms with Gasteiger partial charge in [0, 0.05) is 25.6 Å². The first-order valence-corrected chi connectivity index (χ1v) is 12.5. The number of ether oxygens (including phenoxy) is 2. The van der Waals surface area contributed by atoms with Crippen LogP contribution in [-0.2, 0) is 9.59 Å². The van der Waals surface area contributed by atoms with Crippen molar-refractivity contribution in [2.24, 2.45) is 11.1 Å². The van der Waals surface area contributed by atoms with Crippen LogP contribution >= 0.6 is 11.6 Å². The Hall–Kier alpha value is -3.25. The number of nitrogens with zero attached hydrogens (tertiary/aromatic N) is 3. The Morgan fingerprint density at radius 3 is 2.67 bits per heavy atom. The van der Waals surface area contributed by atoms with Gasteiger partial charge in [-0.1, -0.05) is 23.3 Å². The van der Waals surface area contributed by atoms with Crippen molar-refractivity contribution in [1.82, 2.24) is 4.90 Å². The molecule has 0 aromatic heterocycles. The highest BCUT2D eigenvalue weighted by Gasteiger charge is 2.40. The number of amides is 2. The third-order valence-corrected chi connectivity index (χ3v) is 7.25. The molecule has 0 bridgehead atoms. The maximum Gasteiger partial charge on any atom is 0.265 e. The van der Waals surface area contributed by atoms with E-state index in [1.807, 2.05) is 6.92 Å². The molecule has 2 N–H and O–H groups in total. The highest BCUT2D eigenvalue weighted by Crippen LogP contribution is 2.42. The van der Waals surface area contributed by atoms with Crippen molar-refractivity contribution >= 4 is 29.1 Å². The van der Waals surface area contributed by atoms with Crippen molar-refractivity contribution < 1.29 is 23.5 Å². The van der Waals surface area contributed by atoms with Crippen molar-refractivity contribution in [1.29, 1.82) is 5.26 Å². The summed E-state index contributed by atoms with van der Waals surface area (Å²) in [6, 6.07) is 5.74. The number of likely N-dealkylation sites (tertiary alicyclic amines) is 1. The third kappa shape index (κ3) is 5.59. The van der Waals surface area contributed by atoms with Gasteiger partial charge in [-0.3, -0.25) is 9.59 Å². The van der Waals surface area contributed by atoms with E-state index in [2.05, 4.69) is 6.07 Å². The molecule has 1 atom stereocenters. The van der Waals surface area contributed by atoms with Crippen LogP contribution in [-0.4, -0.2) is 55.6 Å². The fourth-order valence-corrected chi connectivity index (χ4v) is 5.22. The molecular formula is C26H30ClFN4O4. The molecule has 1 aromatic carbocycles. The van der Waals surface area contributed by atoms with E-state index in [4.69, 9.17) is 26.8 Å². The second kappa shape index (κ2) is 10.8. The minimum atomic E-state index is -0.851.